The zero-order chi connectivity index (χ0) is 10.1. The third kappa shape index (κ3) is 10.2. The van der Waals surface area contributed by atoms with E-state index in [9.17, 15) is 0 Å². The topological polar surface area (TPSA) is 18.5 Å². The van der Waals surface area contributed by atoms with Crippen LogP contribution in [0.3, 0.4) is 0 Å². The summed E-state index contributed by atoms with van der Waals surface area (Å²) in [5.41, 5.74) is 0. The maximum absolute atomic E-state index is 5.63. The Morgan fingerprint density at radius 1 is 1.12 bits per heavy atom. The Kier molecular flexibility index (Phi) is 17.0. The van der Waals surface area contributed by atoms with Gasteiger partial charge in [-0.3, -0.25) is 0 Å². The molecule has 1 rings (SSSR count). The molecule has 92 valence electrons. The van der Waals surface area contributed by atoms with Crippen LogP contribution in [0.15, 0.2) is 0 Å². The number of hydrogen-bond donors (Lipinski definition) is 0. The first-order chi connectivity index (χ1) is 6.93. The molecule has 0 aromatic carbocycles. The zero-order valence-corrected chi connectivity index (χ0v) is 12.4. The predicted octanol–water partition coefficient (Wildman–Crippen LogP) is -0.0626. The number of rotatable bonds is 7. The van der Waals surface area contributed by atoms with Crippen molar-refractivity contribution in [3.8, 4) is 0 Å². The molecule has 4 heteroatoms. The molecule has 1 saturated heterocycles. The van der Waals surface area contributed by atoms with E-state index in [0.29, 0.717) is 0 Å². The number of hydrogen-bond acceptors (Lipinski definition) is 2. The van der Waals surface area contributed by atoms with Crippen LogP contribution in [0.1, 0.15) is 51.4 Å². The molecule has 1 atom stereocenters. The first-order valence-electron chi connectivity index (χ1n) is 5.96. The van der Waals surface area contributed by atoms with Crippen LogP contribution in [0.4, 0.5) is 0 Å². The van der Waals surface area contributed by atoms with Crippen LogP contribution < -0.4 is 12.4 Å². The average molecular weight is 259 g/mol. The van der Waals surface area contributed by atoms with E-state index in [1.54, 1.807) is 0 Å². The van der Waals surface area contributed by atoms with E-state index >= 15 is 0 Å². The third-order valence-electron chi connectivity index (χ3n) is 2.59. The van der Waals surface area contributed by atoms with Gasteiger partial charge in [-0.05, 0) is 25.7 Å². The predicted molar refractivity (Wildman–Crippen MR) is 63.7 cm³/mol. The quantitative estimate of drug-likeness (QED) is 0.362. The number of ether oxygens (including phenoxy) is 2. The summed E-state index contributed by atoms with van der Waals surface area (Å²) in [6.45, 7) is 5.57. The monoisotopic (exact) mass is 258 g/mol. The fraction of sp³-hybridized carbons (Fsp3) is 0.917. The Balaban J connectivity index is 0. The molecule has 16 heavy (non-hydrogen) atoms. The minimum absolute atomic E-state index is 0. The Labute approximate surface area is 122 Å². The summed E-state index contributed by atoms with van der Waals surface area (Å²) in [7, 11) is 0. The van der Waals surface area contributed by atoms with Crippen molar-refractivity contribution in [3.05, 3.63) is 6.92 Å². The number of unbranched alkanes of at least 4 members (excludes halogenated alkanes) is 4. The van der Waals surface area contributed by atoms with Gasteiger partial charge in [0, 0.05) is 13.2 Å². The molecule has 1 aliphatic rings. The zero-order valence-electron chi connectivity index (χ0n) is 10.3. The van der Waals surface area contributed by atoms with Gasteiger partial charge in [-0.1, -0.05) is 19.3 Å². The Morgan fingerprint density at radius 3 is 2.50 bits per heavy atom. The van der Waals surface area contributed by atoms with Gasteiger partial charge in [0.05, 0.1) is 0 Å². The molecular weight excluding hydrogens is 236 g/mol. The van der Waals surface area contributed by atoms with E-state index < -0.39 is 0 Å². The fourth-order valence-corrected chi connectivity index (χ4v) is 1.69. The van der Waals surface area contributed by atoms with Crippen LogP contribution >= 0.6 is 0 Å². The summed E-state index contributed by atoms with van der Waals surface area (Å²) in [5, 5.41) is 0. The van der Waals surface area contributed by atoms with Crippen molar-refractivity contribution in [2.24, 2.45) is 0 Å². The molecule has 0 saturated carbocycles. The Morgan fingerprint density at radius 2 is 1.88 bits per heavy atom. The first kappa shape index (κ1) is 19.3. The van der Waals surface area contributed by atoms with Crippen molar-refractivity contribution in [1.82, 2.24) is 0 Å². The van der Waals surface area contributed by atoms with Crippen molar-refractivity contribution >= 4 is 23.1 Å². The maximum atomic E-state index is 5.63. The minimum atomic E-state index is 0. The van der Waals surface area contributed by atoms with Gasteiger partial charge in [0.15, 0.2) is 6.29 Å². The second-order valence-electron chi connectivity index (χ2n) is 3.93. The average Bonchev–Trinajstić information content (AvgIpc) is 2.25. The standard InChI is InChI=1S/C12H23O2.ClH.Mg/c1-2-3-4-5-7-10-13-12-9-6-8-11-14-12;;/h12H,1-11H2;1H;/q-1;;+2/p-1. The van der Waals surface area contributed by atoms with Gasteiger partial charge in [0.2, 0.25) is 0 Å². The van der Waals surface area contributed by atoms with Crippen molar-refractivity contribution in [2.45, 2.75) is 57.7 Å². The van der Waals surface area contributed by atoms with E-state index in [-0.39, 0.29) is 41.7 Å². The second kappa shape index (κ2) is 14.0. The van der Waals surface area contributed by atoms with Gasteiger partial charge in [0.1, 0.15) is 0 Å². The van der Waals surface area contributed by atoms with Gasteiger partial charge in [-0.2, -0.15) is 6.42 Å². The molecule has 0 aromatic rings. The number of halogens is 1. The molecule has 0 radical (unpaired) electrons. The van der Waals surface area contributed by atoms with Crippen LogP contribution in [0, 0.1) is 6.92 Å². The fourth-order valence-electron chi connectivity index (χ4n) is 1.69. The molecule has 2 nitrogen and oxygen atoms in total. The van der Waals surface area contributed by atoms with Crippen LogP contribution in [-0.2, 0) is 9.47 Å². The smallest absolute Gasteiger partial charge is 1.00 e. The summed E-state index contributed by atoms with van der Waals surface area (Å²) in [6.07, 6.45) is 9.66. The molecule has 0 bridgehead atoms. The van der Waals surface area contributed by atoms with Crippen LogP contribution in [0.2, 0.25) is 0 Å². The maximum Gasteiger partial charge on any atom is 2.00 e. The molecule has 1 fully saturated rings. The van der Waals surface area contributed by atoms with Crippen molar-refractivity contribution in [2.75, 3.05) is 13.2 Å². The van der Waals surface area contributed by atoms with E-state index in [4.69, 9.17) is 9.47 Å². The SMILES string of the molecule is [CH2-]CCCCCCOC1CCCCO1.[Cl-].[Mg+2]. The normalized spacial score (nSPS) is 19.7. The summed E-state index contributed by atoms with van der Waals surface area (Å²) in [6, 6.07) is 0. The largest absolute Gasteiger partial charge is 2.00 e. The molecule has 0 aromatic heterocycles. The first-order valence-corrected chi connectivity index (χ1v) is 5.96. The Bertz CT molecular complexity index is 130. The molecule has 0 amide bonds. The van der Waals surface area contributed by atoms with E-state index in [2.05, 4.69) is 6.92 Å². The third-order valence-corrected chi connectivity index (χ3v) is 2.59. The van der Waals surface area contributed by atoms with Gasteiger partial charge in [-0.25, -0.2) is 0 Å². The van der Waals surface area contributed by atoms with Crippen LogP contribution in [0.5, 0.6) is 0 Å². The summed E-state index contributed by atoms with van der Waals surface area (Å²) < 4.78 is 11.1. The molecule has 1 heterocycles. The molecule has 0 spiro atoms. The van der Waals surface area contributed by atoms with Gasteiger partial charge >= 0.3 is 23.1 Å². The van der Waals surface area contributed by atoms with E-state index in [0.717, 1.165) is 26.1 Å². The van der Waals surface area contributed by atoms with E-state index in [1.165, 1.54) is 38.5 Å². The van der Waals surface area contributed by atoms with Crippen LogP contribution in [-0.4, -0.2) is 42.6 Å². The van der Waals surface area contributed by atoms with E-state index in [1.807, 2.05) is 0 Å². The van der Waals surface area contributed by atoms with Crippen molar-refractivity contribution in [1.29, 1.82) is 0 Å². The Hall–Kier alpha value is 0.976. The van der Waals surface area contributed by atoms with Gasteiger partial charge < -0.3 is 28.8 Å². The molecule has 0 aliphatic carbocycles. The summed E-state index contributed by atoms with van der Waals surface area (Å²) >= 11 is 0. The second-order valence-corrected chi connectivity index (χ2v) is 3.93. The van der Waals surface area contributed by atoms with Crippen LogP contribution in [0.25, 0.3) is 0 Å². The van der Waals surface area contributed by atoms with Gasteiger partial charge in [0.25, 0.3) is 0 Å². The van der Waals surface area contributed by atoms with Crippen molar-refractivity contribution in [3.63, 3.8) is 0 Å². The molecule has 1 unspecified atom stereocenters. The summed E-state index contributed by atoms with van der Waals surface area (Å²) in [4.78, 5) is 0. The van der Waals surface area contributed by atoms with Gasteiger partial charge in [-0.15, -0.1) is 0 Å². The molecule has 1 aliphatic heterocycles. The van der Waals surface area contributed by atoms with Crippen molar-refractivity contribution < 1.29 is 21.9 Å². The molecular formula is C12H23ClMgO2. The minimum Gasteiger partial charge on any atom is -1.00 e. The summed E-state index contributed by atoms with van der Waals surface area (Å²) in [5.74, 6) is 0. The molecule has 0 N–H and O–H groups in total.